The van der Waals surface area contributed by atoms with Crippen molar-refractivity contribution in [1.29, 1.82) is 0 Å². The largest absolute Gasteiger partial charge is 0.493 e. The van der Waals surface area contributed by atoms with Gasteiger partial charge in [0, 0.05) is 24.8 Å². The minimum absolute atomic E-state index is 0.0551. The van der Waals surface area contributed by atoms with Crippen LogP contribution in [0.2, 0.25) is 0 Å². The Morgan fingerprint density at radius 3 is 2.68 bits per heavy atom. The van der Waals surface area contributed by atoms with Crippen LogP contribution in [0.5, 0.6) is 11.5 Å². The second-order valence-electron chi connectivity index (χ2n) is 5.69. The lowest BCUT2D eigenvalue weighted by atomic mass is 9.98. The molecule has 0 spiro atoms. The summed E-state index contributed by atoms with van der Waals surface area (Å²) in [6.45, 7) is -2.47. The Kier molecular flexibility index (Phi) is 6.17. The van der Waals surface area contributed by atoms with E-state index in [0.717, 1.165) is 6.26 Å². The van der Waals surface area contributed by atoms with Crippen LogP contribution in [0.15, 0.2) is 18.2 Å². The molecule has 0 bridgehead atoms. The molecular weight excluding hydrogens is 358 g/mol. The van der Waals surface area contributed by atoms with Crippen molar-refractivity contribution in [3.8, 4) is 11.5 Å². The lowest BCUT2D eigenvalue weighted by Crippen LogP contribution is -2.43. The molecule has 0 unspecified atom stereocenters. The van der Waals surface area contributed by atoms with E-state index in [2.05, 4.69) is 10.1 Å². The fourth-order valence-electron chi connectivity index (χ4n) is 2.64. The van der Waals surface area contributed by atoms with Crippen LogP contribution in [0.4, 0.5) is 14.5 Å². The molecule has 2 rings (SSSR count). The van der Waals surface area contributed by atoms with Gasteiger partial charge in [-0.25, -0.2) is 12.7 Å². The van der Waals surface area contributed by atoms with Crippen molar-refractivity contribution in [1.82, 2.24) is 4.31 Å². The highest BCUT2D eigenvalue weighted by atomic mass is 32.2. The number of alkyl halides is 2. The molecule has 0 aromatic heterocycles. The number of piperidine rings is 1. The quantitative estimate of drug-likeness (QED) is 0.817. The first kappa shape index (κ1) is 19.4. The zero-order valence-electron chi connectivity index (χ0n) is 13.9. The third-order valence-electron chi connectivity index (χ3n) is 3.87. The maximum absolute atomic E-state index is 12.4. The van der Waals surface area contributed by atoms with E-state index in [4.69, 9.17) is 4.74 Å². The maximum Gasteiger partial charge on any atom is 0.387 e. The van der Waals surface area contributed by atoms with Gasteiger partial charge in [0.15, 0.2) is 11.5 Å². The fraction of sp³-hybridized carbons (Fsp3) is 0.533. The molecule has 1 heterocycles. The number of methoxy groups -OCH3 is 1. The molecule has 25 heavy (non-hydrogen) atoms. The number of carbonyl (C=O) groups excluding carboxylic acids is 1. The minimum Gasteiger partial charge on any atom is -0.493 e. The second kappa shape index (κ2) is 7.96. The van der Waals surface area contributed by atoms with Crippen LogP contribution >= 0.6 is 0 Å². The second-order valence-corrected chi connectivity index (χ2v) is 7.68. The Morgan fingerprint density at radius 2 is 2.08 bits per heavy atom. The van der Waals surface area contributed by atoms with Gasteiger partial charge < -0.3 is 14.8 Å². The predicted molar refractivity (Wildman–Crippen MR) is 87.4 cm³/mol. The number of nitrogens with zero attached hydrogens (tertiary/aromatic N) is 1. The zero-order chi connectivity index (χ0) is 18.6. The first-order valence-electron chi connectivity index (χ1n) is 7.59. The summed E-state index contributed by atoms with van der Waals surface area (Å²) in [6, 6.07) is 4.05. The Labute approximate surface area is 145 Å². The van der Waals surface area contributed by atoms with E-state index in [1.54, 1.807) is 0 Å². The average molecular weight is 378 g/mol. The number of anilines is 1. The topological polar surface area (TPSA) is 84.9 Å². The van der Waals surface area contributed by atoms with E-state index >= 15 is 0 Å². The number of halogens is 2. The van der Waals surface area contributed by atoms with Crippen molar-refractivity contribution in [3.63, 3.8) is 0 Å². The van der Waals surface area contributed by atoms with E-state index < -0.39 is 22.6 Å². The lowest BCUT2D eigenvalue weighted by molar-refractivity contribution is -0.120. The van der Waals surface area contributed by atoms with Gasteiger partial charge in [0.25, 0.3) is 0 Å². The number of amides is 1. The van der Waals surface area contributed by atoms with Gasteiger partial charge in [-0.3, -0.25) is 4.79 Å². The van der Waals surface area contributed by atoms with Gasteiger partial charge in [0.05, 0.1) is 19.3 Å². The van der Waals surface area contributed by atoms with Gasteiger partial charge >= 0.3 is 6.61 Å². The third-order valence-corrected chi connectivity index (χ3v) is 5.14. The van der Waals surface area contributed by atoms with E-state index in [1.165, 1.54) is 29.6 Å². The summed E-state index contributed by atoms with van der Waals surface area (Å²) < 4.78 is 58.5. The molecule has 1 atom stereocenters. The summed E-state index contributed by atoms with van der Waals surface area (Å²) in [6.07, 6.45) is 2.27. The molecule has 1 aliphatic rings. The zero-order valence-corrected chi connectivity index (χ0v) is 14.7. The summed E-state index contributed by atoms with van der Waals surface area (Å²) in [4.78, 5) is 12.4. The van der Waals surface area contributed by atoms with Crippen LogP contribution in [0.3, 0.4) is 0 Å². The molecule has 7 nitrogen and oxygen atoms in total. The van der Waals surface area contributed by atoms with Crippen molar-refractivity contribution in [2.24, 2.45) is 5.92 Å². The molecule has 10 heteroatoms. The van der Waals surface area contributed by atoms with Gasteiger partial charge in [-0.05, 0) is 25.0 Å². The Bertz CT molecular complexity index is 727. The molecule has 1 aliphatic heterocycles. The SMILES string of the molecule is COc1cc(NC(=O)[C@@H]2CCCN(S(C)(=O)=O)C2)ccc1OC(F)F. The van der Waals surface area contributed by atoms with E-state index in [1.807, 2.05) is 0 Å². The lowest BCUT2D eigenvalue weighted by Gasteiger charge is -2.30. The molecule has 0 saturated carbocycles. The van der Waals surface area contributed by atoms with E-state index in [0.29, 0.717) is 25.1 Å². The summed E-state index contributed by atoms with van der Waals surface area (Å²) in [5.41, 5.74) is 0.347. The van der Waals surface area contributed by atoms with Crippen molar-refractivity contribution in [3.05, 3.63) is 18.2 Å². The Hall–Kier alpha value is -1.94. The number of sulfonamides is 1. The minimum atomic E-state index is -3.35. The summed E-state index contributed by atoms with van der Waals surface area (Å²) in [5.74, 6) is -0.902. The molecule has 1 fully saturated rings. The number of ether oxygens (including phenoxy) is 2. The van der Waals surface area contributed by atoms with Crippen LogP contribution in [0.1, 0.15) is 12.8 Å². The van der Waals surface area contributed by atoms with Crippen LogP contribution in [0, 0.1) is 5.92 Å². The summed E-state index contributed by atoms with van der Waals surface area (Å²) in [7, 11) is -2.05. The summed E-state index contributed by atoms with van der Waals surface area (Å²) in [5, 5.41) is 2.66. The van der Waals surface area contributed by atoms with Crippen molar-refractivity contribution in [2.45, 2.75) is 19.5 Å². The van der Waals surface area contributed by atoms with Crippen molar-refractivity contribution in [2.75, 3.05) is 31.8 Å². The first-order valence-corrected chi connectivity index (χ1v) is 9.44. The Balaban J connectivity index is 2.07. The molecule has 1 aromatic rings. The standard InChI is InChI=1S/C15H20F2N2O5S/c1-23-13-8-11(5-6-12(13)24-15(16)17)18-14(20)10-4-3-7-19(9-10)25(2,21)22/h5-6,8,10,15H,3-4,7,9H2,1-2H3,(H,18,20)/t10-/m1/s1. The molecule has 1 saturated heterocycles. The van der Waals surface area contributed by atoms with Gasteiger partial charge in [0.2, 0.25) is 15.9 Å². The number of carbonyl (C=O) groups is 1. The summed E-state index contributed by atoms with van der Waals surface area (Å²) >= 11 is 0. The van der Waals surface area contributed by atoms with Crippen molar-refractivity contribution < 1.29 is 31.5 Å². The molecule has 1 amide bonds. The average Bonchev–Trinajstić information content (AvgIpc) is 2.55. The van der Waals surface area contributed by atoms with E-state index in [-0.39, 0.29) is 24.0 Å². The molecule has 0 radical (unpaired) electrons. The van der Waals surface area contributed by atoms with Crippen molar-refractivity contribution >= 4 is 21.6 Å². The Morgan fingerprint density at radius 1 is 1.36 bits per heavy atom. The molecule has 1 aromatic carbocycles. The van der Waals surface area contributed by atoms with Crippen LogP contribution in [-0.4, -0.2) is 51.7 Å². The van der Waals surface area contributed by atoms with Gasteiger partial charge in [-0.15, -0.1) is 0 Å². The molecule has 1 N–H and O–H groups in total. The van der Waals surface area contributed by atoms with Crippen LogP contribution < -0.4 is 14.8 Å². The normalized spacial score (nSPS) is 18.8. The fourth-order valence-corrected chi connectivity index (χ4v) is 3.55. The highest BCUT2D eigenvalue weighted by Gasteiger charge is 2.30. The number of hydrogen-bond donors (Lipinski definition) is 1. The first-order chi connectivity index (χ1) is 11.7. The smallest absolute Gasteiger partial charge is 0.387 e. The van der Waals surface area contributed by atoms with E-state index in [9.17, 15) is 22.0 Å². The van der Waals surface area contributed by atoms with Crippen LogP contribution in [0.25, 0.3) is 0 Å². The number of hydrogen-bond acceptors (Lipinski definition) is 5. The monoisotopic (exact) mass is 378 g/mol. The third kappa shape index (κ3) is 5.27. The maximum atomic E-state index is 12.4. The van der Waals surface area contributed by atoms with Gasteiger partial charge in [0.1, 0.15) is 0 Å². The highest BCUT2D eigenvalue weighted by Crippen LogP contribution is 2.32. The van der Waals surface area contributed by atoms with Gasteiger partial charge in [-0.2, -0.15) is 8.78 Å². The number of benzene rings is 1. The molecule has 0 aliphatic carbocycles. The number of nitrogens with one attached hydrogen (secondary N) is 1. The number of rotatable bonds is 6. The van der Waals surface area contributed by atoms with Gasteiger partial charge in [-0.1, -0.05) is 0 Å². The highest BCUT2D eigenvalue weighted by molar-refractivity contribution is 7.88. The predicted octanol–water partition coefficient (Wildman–Crippen LogP) is 1.91. The molecule has 140 valence electrons. The van der Waals surface area contributed by atoms with Crippen LogP contribution in [-0.2, 0) is 14.8 Å². The molecular formula is C15H20F2N2O5S.